The number of aromatic nitrogens is 3. The minimum Gasteiger partial charge on any atom is -0.468 e. The van der Waals surface area contributed by atoms with E-state index in [1.54, 1.807) is 6.20 Å². The number of esters is 1. The quantitative estimate of drug-likeness (QED) is 0.192. The molecule has 0 amide bonds. The molecular formula is C35H38N4O6. The van der Waals surface area contributed by atoms with E-state index in [2.05, 4.69) is 26.9 Å². The van der Waals surface area contributed by atoms with Gasteiger partial charge >= 0.3 is 5.97 Å². The van der Waals surface area contributed by atoms with Crippen LogP contribution >= 0.6 is 0 Å². The molecule has 2 aromatic heterocycles. The lowest BCUT2D eigenvalue weighted by Crippen LogP contribution is -2.49. The number of rotatable bonds is 9. The van der Waals surface area contributed by atoms with Gasteiger partial charge in [-0.25, -0.2) is 4.98 Å². The summed E-state index contributed by atoms with van der Waals surface area (Å²) in [7, 11) is 1.41. The van der Waals surface area contributed by atoms with Crippen LogP contribution in [-0.4, -0.2) is 71.4 Å². The minimum absolute atomic E-state index is 0.180. The SMILES string of the molecule is COC(=O)C1COCCN1Cc1ccc(C#Cc2ccc(-c3cc(Cn4ccnc4[C@H](C)OC4CCCCO4)no3)cc2)cc1. The highest BCUT2D eigenvalue weighted by Gasteiger charge is 2.30. The maximum Gasteiger partial charge on any atom is 0.325 e. The van der Waals surface area contributed by atoms with Gasteiger partial charge in [0, 0.05) is 54.8 Å². The first-order valence-corrected chi connectivity index (χ1v) is 15.4. The number of morpholine rings is 1. The molecule has 2 aromatic carbocycles. The summed E-state index contributed by atoms with van der Waals surface area (Å²) in [5.41, 5.74) is 4.64. The molecule has 0 saturated carbocycles. The number of benzene rings is 2. The van der Waals surface area contributed by atoms with Crippen molar-refractivity contribution in [3.8, 4) is 23.2 Å². The lowest BCUT2D eigenvalue weighted by atomic mass is 10.1. The lowest BCUT2D eigenvalue weighted by Gasteiger charge is -2.33. The van der Waals surface area contributed by atoms with Gasteiger partial charge in [0.25, 0.3) is 0 Å². The van der Waals surface area contributed by atoms with Crippen molar-refractivity contribution in [2.75, 3.05) is 33.5 Å². The largest absolute Gasteiger partial charge is 0.468 e. The van der Waals surface area contributed by atoms with E-state index in [0.717, 1.165) is 59.6 Å². The molecule has 0 bridgehead atoms. The molecule has 2 aliphatic heterocycles. The van der Waals surface area contributed by atoms with E-state index in [9.17, 15) is 4.79 Å². The second-order valence-corrected chi connectivity index (χ2v) is 11.3. The fourth-order valence-electron chi connectivity index (χ4n) is 5.59. The molecule has 4 heterocycles. The second kappa shape index (κ2) is 14.7. The van der Waals surface area contributed by atoms with E-state index in [1.807, 2.05) is 72.3 Å². The van der Waals surface area contributed by atoms with Gasteiger partial charge in [-0.1, -0.05) is 29.1 Å². The fraction of sp³-hybridized carbons (Fsp3) is 0.400. The molecule has 6 rings (SSSR count). The summed E-state index contributed by atoms with van der Waals surface area (Å²) in [6, 6.07) is 17.6. The summed E-state index contributed by atoms with van der Waals surface area (Å²) in [5.74, 6) is 7.72. The van der Waals surface area contributed by atoms with Crippen LogP contribution in [0.2, 0.25) is 0 Å². The Morgan fingerprint density at radius 2 is 1.82 bits per heavy atom. The number of carbonyl (C=O) groups excluding carboxylic acids is 1. The van der Waals surface area contributed by atoms with Crippen molar-refractivity contribution in [1.29, 1.82) is 0 Å². The zero-order valence-corrected chi connectivity index (χ0v) is 25.7. The molecule has 234 valence electrons. The number of hydrogen-bond donors (Lipinski definition) is 0. The monoisotopic (exact) mass is 610 g/mol. The van der Waals surface area contributed by atoms with Crippen LogP contribution in [0.4, 0.5) is 0 Å². The highest BCUT2D eigenvalue weighted by Crippen LogP contribution is 2.25. The topological polar surface area (TPSA) is 101 Å². The summed E-state index contributed by atoms with van der Waals surface area (Å²) in [4.78, 5) is 18.7. The number of hydrogen-bond acceptors (Lipinski definition) is 9. The van der Waals surface area contributed by atoms with E-state index < -0.39 is 0 Å². The molecule has 10 heteroatoms. The third-order valence-corrected chi connectivity index (χ3v) is 8.07. The summed E-state index contributed by atoms with van der Waals surface area (Å²) in [6.07, 6.45) is 6.44. The minimum atomic E-state index is -0.380. The smallest absolute Gasteiger partial charge is 0.325 e. The van der Waals surface area contributed by atoms with E-state index in [-0.39, 0.29) is 24.4 Å². The fourth-order valence-corrected chi connectivity index (χ4v) is 5.59. The van der Waals surface area contributed by atoms with Gasteiger partial charge in [0.1, 0.15) is 23.7 Å². The Balaban J connectivity index is 1.04. The number of carbonyl (C=O) groups is 1. The molecule has 2 saturated heterocycles. The summed E-state index contributed by atoms with van der Waals surface area (Å²) in [6.45, 7) is 5.56. The Hall–Kier alpha value is -4.27. The van der Waals surface area contributed by atoms with Gasteiger partial charge in [-0.15, -0.1) is 0 Å². The van der Waals surface area contributed by atoms with Gasteiger partial charge in [0.15, 0.2) is 12.1 Å². The van der Waals surface area contributed by atoms with Crippen molar-refractivity contribution in [2.45, 2.75) is 57.7 Å². The lowest BCUT2D eigenvalue weighted by molar-refractivity contribution is -0.188. The molecule has 0 radical (unpaired) electrons. The normalized spacial score (nSPS) is 19.4. The molecule has 2 aliphatic rings. The third kappa shape index (κ3) is 7.88. The number of methoxy groups -OCH3 is 1. The number of ether oxygens (including phenoxy) is 4. The van der Waals surface area contributed by atoms with Gasteiger partial charge in [0.2, 0.25) is 0 Å². The summed E-state index contributed by atoms with van der Waals surface area (Å²) >= 11 is 0. The van der Waals surface area contributed by atoms with Crippen LogP contribution in [0, 0.1) is 11.8 Å². The molecule has 0 spiro atoms. The van der Waals surface area contributed by atoms with Crippen molar-refractivity contribution in [1.82, 2.24) is 19.6 Å². The van der Waals surface area contributed by atoms with Gasteiger partial charge in [-0.3, -0.25) is 9.69 Å². The number of imidazole rings is 1. The molecule has 0 aliphatic carbocycles. The van der Waals surface area contributed by atoms with E-state index in [0.29, 0.717) is 38.6 Å². The van der Waals surface area contributed by atoms with Gasteiger partial charge in [0.05, 0.1) is 26.9 Å². The highest BCUT2D eigenvalue weighted by atomic mass is 16.7. The Kier molecular flexibility index (Phi) is 10.0. The Labute approximate surface area is 263 Å². The Morgan fingerprint density at radius 1 is 1.04 bits per heavy atom. The van der Waals surface area contributed by atoms with E-state index in [4.69, 9.17) is 23.5 Å². The second-order valence-electron chi connectivity index (χ2n) is 11.3. The van der Waals surface area contributed by atoms with Crippen molar-refractivity contribution < 1.29 is 28.3 Å². The standard InChI is InChI=1S/C35H38N4O6/c1-25(44-33-5-3-4-19-43-33)34-36-16-17-39(34)23-30-21-32(45-37-30)29-14-12-27(13-15-29)7-6-26-8-10-28(11-9-26)22-38-18-20-42-24-31(38)35(40)41-2/h8-17,21,25,31,33H,3-5,18-20,22-24H2,1-2H3/t25-,31?,33?/m0/s1. The molecular weight excluding hydrogens is 572 g/mol. The molecule has 0 N–H and O–H groups in total. The van der Waals surface area contributed by atoms with Crippen molar-refractivity contribution in [3.05, 3.63) is 95.2 Å². The summed E-state index contributed by atoms with van der Waals surface area (Å²) in [5, 5.41) is 4.29. The highest BCUT2D eigenvalue weighted by molar-refractivity contribution is 5.76. The zero-order valence-electron chi connectivity index (χ0n) is 25.7. The molecule has 3 atom stereocenters. The molecule has 10 nitrogen and oxygen atoms in total. The third-order valence-electron chi connectivity index (χ3n) is 8.07. The van der Waals surface area contributed by atoms with Crippen LogP contribution < -0.4 is 0 Å². The van der Waals surface area contributed by atoms with Crippen LogP contribution in [0.1, 0.15) is 60.5 Å². The Morgan fingerprint density at radius 3 is 2.56 bits per heavy atom. The average Bonchev–Trinajstić information content (AvgIpc) is 3.75. The van der Waals surface area contributed by atoms with Crippen LogP contribution in [0.5, 0.6) is 0 Å². The molecule has 4 aromatic rings. The van der Waals surface area contributed by atoms with Crippen LogP contribution in [0.15, 0.2) is 71.5 Å². The first kappa shape index (κ1) is 30.7. The summed E-state index contributed by atoms with van der Waals surface area (Å²) < 4.78 is 30.0. The van der Waals surface area contributed by atoms with Crippen LogP contribution in [0.25, 0.3) is 11.3 Å². The predicted octanol–water partition coefficient (Wildman–Crippen LogP) is 4.96. The van der Waals surface area contributed by atoms with Gasteiger partial charge in [-0.05, 0) is 68.1 Å². The van der Waals surface area contributed by atoms with E-state index in [1.165, 1.54) is 7.11 Å². The molecule has 2 unspecified atom stereocenters. The zero-order chi connectivity index (χ0) is 31.0. The van der Waals surface area contributed by atoms with Crippen molar-refractivity contribution in [2.24, 2.45) is 0 Å². The van der Waals surface area contributed by atoms with Crippen LogP contribution in [-0.2, 0) is 36.8 Å². The van der Waals surface area contributed by atoms with Crippen molar-refractivity contribution in [3.63, 3.8) is 0 Å². The van der Waals surface area contributed by atoms with E-state index >= 15 is 0 Å². The van der Waals surface area contributed by atoms with Crippen molar-refractivity contribution >= 4 is 5.97 Å². The average molecular weight is 611 g/mol. The molecule has 45 heavy (non-hydrogen) atoms. The van der Waals surface area contributed by atoms with Crippen LogP contribution in [0.3, 0.4) is 0 Å². The first-order chi connectivity index (χ1) is 22.1. The number of nitrogens with zero attached hydrogens (tertiary/aromatic N) is 4. The maximum atomic E-state index is 12.1. The van der Waals surface area contributed by atoms with Gasteiger partial charge < -0.3 is 28.0 Å². The molecule has 2 fully saturated rings. The Bertz CT molecular complexity index is 1610. The maximum absolute atomic E-state index is 12.1. The van der Waals surface area contributed by atoms with Gasteiger partial charge in [-0.2, -0.15) is 0 Å². The first-order valence-electron chi connectivity index (χ1n) is 15.4. The predicted molar refractivity (Wildman–Crippen MR) is 166 cm³/mol.